The Hall–Kier alpha value is -1.52. The lowest BCUT2D eigenvalue weighted by Crippen LogP contribution is -2.13. The number of halogens is 2. The van der Waals surface area contributed by atoms with Crippen LogP contribution in [0, 0.1) is 5.92 Å². The van der Waals surface area contributed by atoms with E-state index in [1.165, 1.54) is 0 Å². The van der Waals surface area contributed by atoms with Crippen LogP contribution in [0.15, 0.2) is 12.1 Å². The highest BCUT2D eigenvalue weighted by atomic mass is 35.5. The van der Waals surface area contributed by atoms with Crippen molar-refractivity contribution in [2.45, 2.75) is 32.1 Å². The zero-order valence-corrected chi connectivity index (χ0v) is 14.1. The molecule has 23 heavy (non-hydrogen) atoms. The molecule has 0 bridgehead atoms. The molecular weight excluding hydrogens is 339 g/mol. The molecule has 0 aromatic heterocycles. The molecule has 1 aromatic carbocycles. The van der Waals surface area contributed by atoms with E-state index in [0.29, 0.717) is 11.4 Å². The molecule has 1 N–H and O–H groups in total. The molecule has 2 aliphatic rings. The molecule has 2 atom stereocenters. The van der Waals surface area contributed by atoms with E-state index < -0.39 is 12.6 Å². The summed E-state index contributed by atoms with van der Waals surface area (Å²) in [6.07, 6.45) is 3.94. The molecule has 1 unspecified atom stereocenters. The van der Waals surface area contributed by atoms with E-state index in [1.807, 2.05) is 0 Å². The van der Waals surface area contributed by atoms with Gasteiger partial charge in [-0.3, -0.25) is 4.79 Å². The van der Waals surface area contributed by atoms with Crippen molar-refractivity contribution in [3.63, 3.8) is 0 Å². The number of rotatable bonds is 4. The van der Waals surface area contributed by atoms with E-state index in [-0.39, 0.29) is 28.4 Å². The van der Waals surface area contributed by atoms with Gasteiger partial charge >= 0.3 is 5.97 Å². The first-order valence-electron chi connectivity index (χ1n) is 7.55. The van der Waals surface area contributed by atoms with E-state index in [0.717, 1.165) is 29.5 Å². The van der Waals surface area contributed by atoms with Crippen molar-refractivity contribution in [3.05, 3.63) is 33.3 Å². The minimum absolute atomic E-state index is 0.109. The first-order chi connectivity index (χ1) is 10.9. The van der Waals surface area contributed by atoms with E-state index >= 15 is 0 Å². The molecule has 0 fully saturated rings. The van der Waals surface area contributed by atoms with Crippen molar-refractivity contribution >= 4 is 40.5 Å². The molecule has 0 saturated heterocycles. The molecule has 0 radical (unpaired) electrons. The summed E-state index contributed by atoms with van der Waals surface area (Å²) in [5.74, 6) is -0.187. The standard InChI is InChI=1S/C17H16Cl2O4/c1-2-9-10-4-3-8(20)5-11(10)15-12(9)6-13(16(18)17(15)19)23-7-14(21)22/h5-6,9-10H,2-4,7H2,1H3,(H,21,22)/t9-,10?/m1/s1. The predicted molar refractivity (Wildman–Crippen MR) is 88.3 cm³/mol. The molecule has 2 aliphatic carbocycles. The number of carboxylic acid groups (broad SMARTS) is 1. The predicted octanol–water partition coefficient (Wildman–Crippen LogP) is 4.33. The van der Waals surface area contributed by atoms with Crippen molar-refractivity contribution in [2.75, 3.05) is 6.61 Å². The summed E-state index contributed by atoms with van der Waals surface area (Å²) < 4.78 is 5.27. The van der Waals surface area contributed by atoms with Crippen LogP contribution >= 0.6 is 23.2 Å². The van der Waals surface area contributed by atoms with Gasteiger partial charge in [0.15, 0.2) is 12.4 Å². The number of allylic oxidation sites excluding steroid dienone is 2. The third-order valence-electron chi connectivity index (χ3n) is 4.59. The smallest absolute Gasteiger partial charge is 0.341 e. The summed E-state index contributed by atoms with van der Waals surface area (Å²) in [7, 11) is 0. The summed E-state index contributed by atoms with van der Waals surface area (Å²) in [4.78, 5) is 22.5. The first-order valence-corrected chi connectivity index (χ1v) is 8.30. The third-order valence-corrected chi connectivity index (χ3v) is 5.44. The van der Waals surface area contributed by atoms with Crippen LogP contribution in [0.25, 0.3) is 5.57 Å². The van der Waals surface area contributed by atoms with Gasteiger partial charge in [-0.1, -0.05) is 30.1 Å². The maximum atomic E-state index is 11.8. The van der Waals surface area contributed by atoms with Gasteiger partial charge in [0.25, 0.3) is 0 Å². The Morgan fingerprint density at radius 1 is 1.39 bits per heavy atom. The fourth-order valence-electron chi connectivity index (χ4n) is 3.65. The molecule has 6 heteroatoms. The van der Waals surface area contributed by atoms with Gasteiger partial charge in [0.2, 0.25) is 0 Å². The third kappa shape index (κ3) is 2.74. The van der Waals surface area contributed by atoms with Gasteiger partial charge < -0.3 is 9.84 Å². The van der Waals surface area contributed by atoms with Crippen molar-refractivity contribution in [1.82, 2.24) is 0 Å². The number of hydrogen-bond donors (Lipinski definition) is 1. The first kappa shape index (κ1) is 16.3. The summed E-state index contributed by atoms with van der Waals surface area (Å²) in [5, 5.41) is 9.31. The SMILES string of the molecule is CC[C@H]1c2cc(OCC(=O)O)c(Cl)c(Cl)c2C2=CC(=O)CCC21. The zero-order valence-electron chi connectivity index (χ0n) is 12.6. The van der Waals surface area contributed by atoms with Crippen LogP contribution in [-0.4, -0.2) is 23.5 Å². The lowest BCUT2D eigenvalue weighted by molar-refractivity contribution is -0.139. The van der Waals surface area contributed by atoms with Crippen LogP contribution in [0.4, 0.5) is 0 Å². The van der Waals surface area contributed by atoms with Gasteiger partial charge in [-0.15, -0.1) is 0 Å². The van der Waals surface area contributed by atoms with E-state index in [9.17, 15) is 9.59 Å². The molecule has 0 spiro atoms. The lowest BCUT2D eigenvalue weighted by atomic mass is 9.81. The van der Waals surface area contributed by atoms with Crippen molar-refractivity contribution in [2.24, 2.45) is 5.92 Å². The van der Waals surface area contributed by atoms with Crippen LogP contribution in [0.1, 0.15) is 43.2 Å². The molecule has 0 saturated carbocycles. The fraction of sp³-hybridized carbons (Fsp3) is 0.412. The van der Waals surface area contributed by atoms with Gasteiger partial charge in [-0.2, -0.15) is 0 Å². The summed E-state index contributed by atoms with van der Waals surface area (Å²) in [5.41, 5.74) is 2.78. The number of fused-ring (bicyclic) bond motifs is 3. The molecule has 122 valence electrons. The molecule has 3 rings (SSSR count). The van der Waals surface area contributed by atoms with E-state index in [1.54, 1.807) is 12.1 Å². The van der Waals surface area contributed by atoms with Crippen molar-refractivity contribution in [3.8, 4) is 5.75 Å². The largest absolute Gasteiger partial charge is 0.480 e. The van der Waals surface area contributed by atoms with Gasteiger partial charge in [0, 0.05) is 12.0 Å². The number of ketones is 1. The Kier molecular flexibility index (Phi) is 4.39. The number of hydrogen-bond acceptors (Lipinski definition) is 3. The highest BCUT2D eigenvalue weighted by Crippen LogP contribution is 2.56. The average Bonchev–Trinajstić information content (AvgIpc) is 2.81. The van der Waals surface area contributed by atoms with Crippen LogP contribution in [-0.2, 0) is 9.59 Å². The molecular formula is C17H16Cl2O4. The summed E-state index contributed by atoms with van der Waals surface area (Å²) in [6, 6.07) is 1.78. The number of carbonyl (C=O) groups excluding carboxylic acids is 1. The minimum Gasteiger partial charge on any atom is -0.480 e. The van der Waals surface area contributed by atoms with Gasteiger partial charge in [0.05, 0.1) is 5.02 Å². The molecule has 0 heterocycles. The zero-order chi connectivity index (χ0) is 16.7. The van der Waals surface area contributed by atoms with Gasteiger partial charge in [-0.05, 0) is 48.0 Å². The second kappa shape index (κ2) is 6.17. The van der Waals surface area contributed by atoms with Crippen LogP contribution < -0.4 is 4.74 Å². The maximum Gasteiger partial charge on any atom is 0.341 e. The van der Waals surface area contributed by atoms with E-state index in [4.69, 9.17) is 33.0 Å². The number of carbonyl (C=O) groups is 2. The van der Waals surface area contributed by atoms with Gasteiger partial charge in [0.1, 0.15) is 10.8 Å². The average molecular weight is 355 g/mol. The molecule has 0 amide bonds. The maximum absolute atomic E-state index is 11.8. The molecule has 0 aliphatic heterocycles. The Labute approximate surface area is 144 Å². The Bertz CT molecular complexity index is 724. The second-order valence-electron chi connectivity index (χ2n) is 5.88. The Morgan fingerprint density at radius 3 is 2.78 bits per heavy atom. The lowest BCUT2D eigenvalue weighted by Gasteiger charge is -2.22. The Morgan fingerprint density at radius 2 is 2.13 bits per heavy atom. The van der Waals surface area contributed by atoms with Gasteiger partial charge in [-0.25, -0.2) is 4.79 Å². The summed E-state index contributed by atoms with van der Waals surface area (Å²) in [6.45, 7) is 1.62. The number of ether oxygens (including phenoxy) is 1. The van der Waals surface area contributed by atoms with Crippen molar-refractivity contribution in [1.29, 1.82) is 0 Å². The van der Waals surface area contributed by atoms with Crippen LogP contribution in [0.3, 0.4) is 0 Å². The van der Waals surface area contributed by atoms with Crippen LogP contribution in [0.5, 0.6) is 5.75 Å². The topological polar surface area (TPSA) is 63.6 Å². The summed E-state index contributed by atoms with van der Waals surface area (Å²) >= 11 is 12.7. The molecule has 4 nitrogen and oxygen atoms in total. The number of aliphatic carboxylic acids is 1. The second-order valence-corrected chi connectivity index (χ2v) is 6.63. The van der Waals surface area contributed by atoms with Crippen molar-refractivity contribution < 1.29 is 19.4 Å². The van der Waals surface area contributed by atoms with E-state index in [2.05, 4.69) is 6.92 Å². The quantitative estimate of drug-likeness (QED) is 0.873. The number of benzene rings is 1. The number of carboxylic acids is 1. The highest BCUT2D eigenvalue weighted by molar-refractivity contribution is 6.44. The normalized spacial score (nSPS) is 22.4. The molecule has 1 aromatic rings. The van der Waals surface area contributed by atoms with Crippen LogP contribution in [0.2, 0.25) is 10.0 Å². The fourth-order valence-corrected chi connectivity index (χ4v) is 4.17. The Balaban J connectivity index is 2.12. The highest BCUT2D eigenvalue weighted by Gasteiger charge is 2.40. The minimum atomic E-state index is -1.08. The monoisotopic (exact) mass is 354 g/mol.